The van der Waals surface area contributed by atoms with E-state index < -0.39 is 0 Å². The monoisotopic (exact) mass is 226 g/mol. The summed E-state index contributed by atoms with van der Waals surface area (Å²) >= 11 is 0. The summed E-state index contributed by atoms with van der Waals surface area (Å²) in [6.45, 7) is 5.94. The predicted molar refractivity (Wildman–Crippen MR) is 66.7 cm³/mol. The van der Waals surface area contributed by atoms with E-state index in [1.54, 1.807) is 0 Å². The van der Waals surface area contributed by atoms with Gasteiger partial charge in [-0.2, -0.15) is 0 Å². The number of likely N-dealkylation sites (tertiary alicyclic amines) is 1. The normalized spacial score (nSPS) is 33.6. The lowest BCUT2D eigenvalue weighted by atomic mass is 9.95. The number of piperidine rings is 1. The van der Waals surface area contributed by atoms with Gasteiger partial charge in [0.15, 0.2) is 0 Å². The topological polar surface area (TPSA) is 24.5 Å². The number of hydrogen-bond acceptors (Lipinski definition) is 3. The first-order valence-corrected chi connectivity index (χ1v) is 6.84. The van der Waals surface area contributed by atoms with Gasteiger partial charge >= 0.3 is 0 Å². The van der Waals surface area contributed by atoms with Crippen LogP contribution >= 0.6 is 0 Å². The van der Waals surface area contributed by atoms with Crippen LogP contribution in [0.5, 0.6) is 0 Å². The Kier molecular flexibility index (Phi) is 5.07. The zero-order valence-corrected chi connectivity index (χ0v) is 10.6. The van der Waals surface area contributed by atoms with Gasteiger partial charge in [-0.25, -0.2) is 0 Å². The second-order valence-electron chi connectivity index (χ2n) is 5.29. The third kappa shape index (κ3) is 3.44. The summed E-state index contributed by atoms with van der Waals surface area (Å²) in [6.07, 6.45) is 6.77. The quantitative estimate of drug-likeness (QED) is 0.789. The van der Waals surface area contributed by atoms with E-state index in [-0.39, 0.29) is 0 Å². The third-order valence-corrected chi connectivity index (χ3v) is 4.01. The van der Waals surface area contributed by atoms with Crippen molar-refractivity contribution in [2.75, 3.05) is 39.9 Å². The van der Waals surface area contributed by atoms with Gasteiger partial charge in [-0.15, -0.1) is 0 Å². The molecule has 0 aromatic rings. The molecule has 2 aliphatic heterocycles. The first-order chi connectivity index (χ1) is 7.90. The molecule has 0 aliphatic carbocycles. The van der Waals surface area contributed by atoms with Crippen molar-refractivity contribution in [2.45, 2.75) is 38.1 Å². The highest BCUT2D eigenvalue weighted by molar-refractivity contribution is 4.81. The molecule has 0 aromatic heterocycles. The van der Waals surface area contributed by atoms with Crippen LogP contribution in [0, 0.1) is 5.92 Å². The molecule has 0 amide bonds. The second kappa shape index (κ2) is 6.58. The van der Waals surface area contributed by atoms with E-state index in [1.807, 2.05) is 7.11 Å². The number of hydrogen-bond donors (Lipinski definition) is 1. The molecule has 0 bridgehead atoms. The van der Waals surface area contributed by atoms with Crippen LogP contribution in [0.4, 0.5) is 0 Å². The van der Waals surface area contributed by atoms with Crippen molar-refractivity contribution in [3.05, 3.63) is 0 Å². The Morgan fingerprint density at radius 1 is 1.19 bits per heavy atom. The first-order valence-electron chi connectivity index (χ1n) is 6.84. The lowest BCUT2D eigenvalue weighted by Crippen LogP contribution is -2.44. The van der Waals surface area contributed by atoms with E-state index in [2.05, 4.69) is 10.2 Å². The largest absolute Gasteiger partial charge is 0.384 e. The predicted octanol–water partition coefficient (Wildman–Crippen LogP) is 1.49. The van der Waals surface area contributed by atoms with Crippen molar-refractivity contribution < 1.29 is 4.74 Å². The van der Waals surface area contributed by atoms with Gasteiger partial charge in [0.2, 0.25) is 0 Å². The Bertz CT molecular complexity index is 188. The molecule has 1 N–H and O–H groups in total. The van der Waals surface area contributed by atoms with E-state index in [1.165, 1.54) is 58.3 Å². The van der Waals surface area contributed by atoms with Gasteiger partial charge in [0, 0.05) is 19.7 Å². The molecule has 2 heterocycles. The minimum atomic E-state index is 0.773. The van der Waals surface area contributed by atoms with Gasteiger partial charge in [0.25, 0.3) is 0 Å². The zero-order valence-electron chi connectivity index (χ0n) is 10.6. The van der Waals surface area contributed by atoms with E-state index in [0.717, 1.165) is 18.6 Å². The maximum absolute atomic E-state index is 5.30. The van der Waals surface area contributed by atoms with Crippen LogP contribution in [-0.2, 0) is 4.74 Å². The fourth-order valence-corrected chi connectivity index (χ4v) is 3.17. The van der Waals surface area contributed by atoms with Crippen molar-refractivity contribution in [1.29, 1.82) is 0 Å². The van der Waals surface area contributed by atoms with Crippen LogP contribution in [0.15, 0.2) is 0 Å². The molecule has 2 unspecified atom stereocenters. The summed E-state index contributed by atoms with van der Waals surface area (Å²) in [5.74, 6) is 0.773. The van der Waals surface area contributed by atoms with Crippen molar-refractivity contribution in [1.82, 2.24) is 10.2 Å². The van der Waals surface area contributed by atoms with Crippen LogP contribution < -0.4 is 5.32 Å². The van der Waals surface area contributed by atoms with Gasteiger partial charge in [-0.1, -0.05) is 0 Å². The number of nitrogens with one attached hydrogen (secondary N) is 1. The second-order valence-corrected chi connectivity index (χ2v) is 5.29. The first kappa shape index (κ1) is 12.3. The van der Waals surface area contributed by atoms with Gasteiger partial charge in [0.1, 0.15) is 0 Å². The number of methoxy groups -OCH3 is 1. The lowest BCUT2D eigenvalue weighted by Gasteiger charge is -2.37. The van der Waals surface area contributed by atoms with Gasteiger partial charge in [-0.3, -0.25) is 4.90 Å². The van der Waals surface area contributed by atoms with Gasteiger partial charge in [0.05, 0.1) is 6.61 Å². The summed E-state index contributed by atoms with van der Waals surface area (Å²) in [7, 11) is 1.83. The molecule has 2 atom stereocenters. The van der Waals surface area contributed by atoms with Crippen LogP contribution in [-0.4, -0.2) is 50.8 Å². The Morgan fingerprint density at radius 2 is 2.12 bits per heavy atom. The summed E-state index contributed by atoms with van der Waals surface area (Å²) in [5.41, 5.74) is 0. The molecule has 2 rings (SSSR count). The van der Waals surface area contributed by atoms with Crippen LogP contribution in [0.2, 0.25) is 0 Å². The summed E-state index contributed by atoms with van der Waals surface area (Å²) in [6, 6.07) is 0.828. The van der Waals surface area contributed by atoms with Crippen LogP contribution in [0.1, 0.15) is 32.1 Å². The average Bonchev–Trinajstić information content (AvgIpc) is 2.58. The molecule has 2 aliphatic rings. The van der Waals surface area contributed by atoms with Crippen molar-refractivity contribution >= 4 is 0 Å². The Morgan fingerprint density at radius 3 is 3.00 bits per heavy atom. The van der Waals surface area contributed by atoms with E-state index in [4.69, 9.17) is 4.74 Å². The van der Waals surface area contributed by atoms with Crippen LogP contribution in [0.3, 0.4) is 0 Å². The van der Waals surface area contributed by atoms with Crippen LogP contribution in [0.25, 0.3) is 0 Å². The standard InChI is InChI=1S/C13H26N2O/c1-16-11-12-4-3-9-15(10-12)13-5-2-7-14-8-6-13/h12-14H,2-11H2,1H3. The average molecular weight is 226 g/mol. The Hall–Kier alpha value is -0.120. The van der Waals surface area contributed by atoms with Crippen molar-refractivity contribution in [3.8, 4) is 0 Å². The molecular weight excluding hydrogens is 200 g/mol. The highest BCUT2D eigenvalue weighted by Gasteiger charge is 2.26. The fraction of sp³-hybridized carbons (Fsp3) is 1.00. The molecule has 0 radical (unpaired) electrons. The molecule has 16 heavy (non-hydrogen) atoms. The molecule has 0 saturated carbocycles. The molecule has 0 spiro atoms. The fourth-order valence-electron chi connectivity index (χ4n) is 3.17. The lowest BCUT2D eigenvalue weighted by molar-refractivity contribution is 0.0646. The number of ether oxygens (including phenoxy) is 1. The maximum Gasteiger partial charge on any atom is 0.0502 e. The number of nitrogens with zero attached hydrogens (tertiary/aromatic N) is 1. The van der Waals surface area contributed by atoms with E-state index >= 15 is 0 Å². The highest BCUT2D eigenvalue weighted by Crippen LogP contribution is 2.22. The molecule has 94 valence electrons. The Balaban J connectivity index is 1.82. The van der Waals surface area contributed by atoms with E-state index in [0.29, 0.717) is 0 Å². The summed E-state index contributed by atoms with van der Waals surface area (Å²) in [4.78, 5) is 2.72. The minimum absolute atomic E-state index is 0.773. The molecule has 3 heteroatoms. The van der Waals surface area contributed by atoms with Crippen molar-refractivity contribution in [3.63, 3.8) is 0 Å². The smallest absolute Gasteiger partial charge is 0.0502 e. The van der Waals surface area contributed by atoms with Crippen molar-refractivity contribution in [2.24, 2.45) is 5.92 Å². The SMILES string of the molecule is COCC1CCCN(C2CCCNCC2)C1. The van der Waals surface area contributed by atoms with Gasteiger partial charge in [-0.05, 0) is 57.7 Å². The minimum Gasteiger partial charge on any atom is -0.384 e. The van der Waals surface area contributed by atoms with E-state index in [9.17, 15) is 0 Å². The highest BCUT2D eigenvalue weighted by atomic mass is 16.5. The molecule has 2 saturated heterocycles. The Labute approximate surface area is 99.5 Å². The zero-order chi connectivity index (χ0) is 11.2. The third-order valence-electron chi connectivity index (χ3n) is 4.01. The molecular formula is C13H26N2O. The summed E-state index contributed by atoms with van der Waals surface area (Å²) < 4.78 is 5.30. The molecule has 2 fully saturated rings. The van der Waals surface area contributed by atoms with Gasteiger partial charge < -0.3 is 10.1 Å². The molecule has 3 nitrogen and oxygen atoms in total. The maximum atomic E-state index is 5.30. The number of rotatable bonds is 3. The summed E-state index contributed by atoms with van der Waals surface area (Å²) in [5, 5.41) is 3.50. The molecule has 0 aromatic carbocycles.